The molecule has 1 saturated heterocycles. The molecule has 3 atom stereocenters. The lowest BCUT2D eigenvalue weighted by atomic mass is 9.85. The number of thioether (sulfide) groups is 1. The molecule has 0 aliphatic carbocycles. The molecule has 128 valence electrons. The number of fused-ring (bicyclic) bond motifs is 1. The first-order valence-corrected chi connectivity index (χ1v) is 9.44. The highest BCUT2D eigenvalue weighted by atomic mass is 35.5. The van der Waals surface area contributed by atoms with Crippen molar-refractivity contribution in [3.05, 3.63) is 29.8 Å². The van der Waals surface area contributed by atoms with Crippen LogP contribution in [0.4, 0.5) is 0 Å². The number of hydrogen-bond donors (Lipinski definition) is 2. The summed E-state index contributed by atoms with van der Waals surface area (Å²) in [7, 11) is 0. The molecular formula is C18H27ClN2OS. The molecule has 3 rings (SSSR count). The fraction of sp³-hybridized carbons (Fsp3) is 0.611. The van der Waals surface area contributed by atoms with Crippen LogP contribution in [0, 0.1) is 11.8 Å². The molecule has 3 nitrogen and oxygen atoms in total. The number of halogens is 1. The molecular weight excluding hydrogens is 328 g/mol. The Balaban J connectivity index is 0.00000192. The second-order valence-corrected chi connectivity index (χ2v) is 7.72. The lowest BCUT2D eigenvalue weighted by Crippen LogP contribution is -2.36. The summed E-state index contributed by atoms with van der Waals surface area (Å²) in [4.78, 5) is 13.8. The zero-order valence-corrected chi connectivity index (χ0v) is 15.3. The van der Waals surface area contributed by atoms with Gasteiger partial charge in [0.25, 0.3) is 0 Å². The van der Waals surface area contributed by atoms with E-state index >= 15 is 0 Å². The first-order chi connectivity index (χ1) is 10.7. The maximum atomic E-state index is 12.4. The van der Waals surface area contributed by atoms with Crippen molar-refractivity contribution in [3.63, 3.8) is 0 Å². The number of carbonyl (C=O) groups excluding carboxylic acids is 1. The third-order valence-electron chi connectivity index (χ3n) is 4.94. The second-order valence-electron chi connectivity index (χ2n) is 6.58. The third-order valence-corrected chi connectivity index (χ3v) is 6.06. The highest BCUT2D eigenvalue weighted by Crippen LogP contribution is 2.36. The van der Waals surface area contributed by atoms with E-state index in [0.29, 0.717) is 18.3 Å². The molecule has 1 fully saturated rings. The maximum absolute atomic E-state index is 12.4. The van der Waals surface area contributed by atoms with Gasteiger partial charge in [0.1, 0.15) is 0 Å². The number of benzene rings is 1. The summed E-state index contributed by atoms with van der Waals surface area (Å²) in [5.74, 6) is 2.41. The molecule has 2 heterocycles. The average molecular weight is 355 g/mol. The number of piperidine rings is 1. The smallest absolute Gasteiger partial charge is 0.220 e. The van der Waals surface area contributed by atoms with Gasteiger partial charge in [0.2, 0.25) is 5.91 Å². The van der Waals surface area contributed by atoms with Crippen molar-refractivity contribution in [2.24, 2.45) is 11.8 Å². The molecule has 0 saturated carbocycles. The van der Waals surface area contributed by atoms with E-state index in [9.17, 15) is 4.79 Å². The van der Waals surface area contributed by atoms with Gasteiger partial charge in [-0.15, -0.1) is 24.2 Å². The lowest BCUT2D eigenvalue weighted by molar-refractivity contribution is -0.123. The summed E-state index contributed by atoms with van der Waals surface area (Å²) in [5, 5.41) is 6.72. The number of carbonyl (C=O) groups is 1. The highest BCUT2D eigenvalue weighted by Gasteiger charge is 2.25. The van der Waals surface area contributed by atoms with Crippen molar-refractivity contribution in [1.82, 2.24) is 10.6 Å². The molecule has 2 aliphatic heterocycles. The van der Waals surface area contributed by atoms with Crippen molar-refractivity contribution in [1.29, 1.82) is 0 Å². The molecule has 3 unspecified atom stereocenters. The average Bonchev–Trinajstić information content (AvgIpc) is 2.56. The van der Waals surface area contributed by atoms with Gasteiger partial charge in [-0.3, -0.25) is 4.79 Å². The van der Waals surface area contributed by atoms with Gasteiger partial charge in [0, 0.05) is 17.1 Å². The zero-order valence-electron chi connectivity index (χ0n) is 13.7. The minimum Gasteiger partial charge on any atom is -0.349 e. The van der Waals surface area contributed by atoms with Crippen LogP contribution in [0.1, 0.15) is 44.2 Å². The Labute approximate surface area is 149 Å². The molecule has 0 radical (unpaired) electrons. The Kier molecular flexibility index (Phi) is 7.25. The molecule has 2 N–H and O–H groups in total. The zero-order chi connectivity index (χ0) is 15.4. The van der Waals surface area contributed by atoms with Gasteiger partial charge < -0.3 is 10.6 Å². The van der Waals surface area contributed by atoms with E-state index in [-0.39, 0.29) is 24.4 Å². The first-order valence-electron chi connectivity index (χ1n) is 8.46. The van der Waals surface area contributed by atoms with E-state index in [1.807, 2.05) is 11.8 Å². The van der Waals surface area contributed by atoms with Gasteiger partial charge in [-0.05, 0) is 55.8 Å². The van der Waals surface area contributed by atoms with E-state index in [2.05, 4.69) is 41.8 Å². The summed E-state index contributed by atoms with van der Waals surface area (Å²) >= 11 is 1.90. The quantitative estimate of drug-likeness (QED) is 0.864. The normalized spacial score (nSPS) is 24.9. The van der Waals surface area contributed by atoms with Crippen molar-refractivity contribution in [3.8, 4) is 0 Å². The molecule has 1 amide bonds. The summed E-state index contributed by atoms with van der Waals surface area (Å²) in [6.07, 6.45) is 4.18. The van der Waals surface area contributed by atoms with Crippen LogP contribution in [0.25, 0.3) is 0 Å². The number of hydrogen-bond acceptors (Lipinski definition) is 3. The molecule has 1 aromatic rings. The minimum atomic E-state index is 0. The Morgan fingerprint density at radius 3 is 3.00 bits per heavy atom. The monoisotopic (exact) mass is 354 g/mol. The minimum absolute atomic E-state index is 0. The molecule has 0 spiro atoms. The molecule has 5 heteroatoms. The SMILES string of the molecule is CC(CC(=O)NC1CCSc2ccccc21)C1CCCNC1.Cl. The Hall–Kier alpha value is -0.710. The molecule has 2 aliphatic rings. The van der Waals surface area contributed by atoms with Crippen LogP contribution < -0.4 is 10.6 Å². The van der Waals surface area contributed by atoms with E-state index in [1.165, 1.54) is 23.3 Å². The standard InChI is InChI=1S/C18H26N2OS.ClH/c1-13(14-5-4-9-19-12-14)11-18(21)20-16-8-10-22-17-7-3-2-6-15(16)17;/h2-3,6-7,13-14,16,19H,4-5,8-12H2,1H3,(H,20,21);1H. The van der Waals surface area contributed by atoms with Crippen LogP contribution in [0.2, 0.25) is 0 Å². The van der Waals surface area contributed by atoms with Crippen LogP contribution in [-0.4, -0.2) is 24.7 Å². The topological polar surface area (TPSA) is 41.1 Å². The lowest BCUT2D eigenvalue weighted by Gasteiger charge is -2.29. The fourth-order valence-corrected chi connectivity index (χ4v) is 4.69. The predicted octanol–water partition coefficient (Wildman–Crippen LogP) is 3.79. The van der Waals surface area contributed by atoms with E-state index in [0.717, 1.165) is 25.3 Å². The molecule has 1 aromatic carbocycles. The van der Waals surface area contributed by atoms with E-state index in [4.69, 9.17) is 0 Å². The van der Waals surface area contributed by atoms with Gasteiger partial charge in [-0.25, -0.2) is 0 Å². The van der Waals surface area contributed by atoms with Crippen molar-refractivity contribution >= 4 is 30.1 Å². The van der Waals surface area contributed by atoms with E-state index < -0.39 is 0 Å². The van der Waals surface area contributed by atoms with E-state index in [1.54, 1.807) is 0 Å². The maximum Gasteiger partial charge on any atom is 0.220 e. The van der Waals surface area contributed by atoms with Crippen LogP contribution in [0.3, 0.4) is 0 Å². The van der Waals surface area contributed by atoms with Crippen LogP contribution in [-0.2, 0) is 4.79 Å². The van der Waals surface area contributed by atoms with Crippen molar-refractivity contribution in [2.75, 3.05) is 18.8 Å². The first kappa shape index (κ1) is 18.6. The predicted molar refractivity (Wildman–Crippen MR) is 99.3 cm³/mol. The fourth-order valence-electron chi connectivity index (χ4n) is 3.57. The molecule has 0 aromatic heterocycles. The largest absolute Gasteiger partial charge is 0.349 e. The van der Waals surface area contributed by atoms with Gasteiger partial charge >= 0.3 is 0 Å². The van der Waals surface area contributed by atoms with Gasteiger partial charge in [-0.2, -0.15) is 0 Å². The van der Waals surface area contributed by atoms with Crippen LogP contribution in [0.5, 0.6) is 0 Å². The summed E-state index contributed by atoms with van der Waals surface area (Å²) in [6, 6.07) is 8.66. The Bertz CT molecular complexity index is 519. The van der Waals surface area contributed by atoms with Crippen LogP contribution in [0.15, 0.2) is 29.2 Å². The molecule has 23 heavy (non-hydrogen) atoms. The van der Waals surface area contributed by atoms with Crippen LogP contribution >= 0.6 is 24.2 Å². The Morgan fingerprint density at radius 1 is 1.39 bits per heavy atom. The van der Waals surface area contributed by atoms with Gasteiger partial charge in [0.15, 0.2) is 0 Å². The number of rotatable bonds is 4. The number of amides is 1. The highest BCUT2D eigenvalue weighted by molar-refractivity contribution is 7.99. The number of nitrogens with one attached hydrogen (secondary N) is 2. The summed E-state index contributed by atoms with van der Waals surface area (Å²) in [6.45, 7) is 4.42. The van der Waals surface area contributed by atoms with Crippen molar-refractivity contribution < 1.29 is 4.79 Å². The van der Waals surface area contributed by atoms with Crippen molar-refractivity contribution in [2.45, 2.75) is 43.5 Å². The van der Waals surface area contributed by atoms with Gasteiger partial charge in [-0.1, -0.05) is 25.1 Å². The Morgan fingerprint density at radius 2 is 2.22 bits per heavy atom. The van der Waals surface area contributed by atoms with Gasteiger partial charge in [0.05, 0.1) is 6.04 Å². The third kappa shape index (κ3) is 4.88. The summed E-state index contributed by atoms with van der Waals surface area (Å²) < 4.78 is 0. The summed E-state index contributed by atoms with van der Waals surface area (Å²) in [5.41, 5.74) is 1.29. The molecule has 0 bridgehead atoms. The second kappa shape index (κ2) is 8.95.